The number of carbonyl (C=O) groups excluding carboxylic acids is 2. The van der Waals surface area contributed by atoms with E-state index in [4.69, 9.17) is 18.9 Å². The number of rotatable bonds is 4. The molecule has 124 valence electrons. The third-order valence-electron chi connectivity index (χ3n) is 4.07. The quantitative estimate of drug-likeness (QED) is 0.480. The number of carbonyl (C=O) groups is 2. The number of hydrogen-bond acceptors (Lipinski definition) is 6. The van der Waals surface area contributed by atoms with Crippen molar-refractivity contribution in [2.45, 2.75) is 45.8 Å². The van der Waals surface area contributed by atoms with Crippen LogP contribution in [0.4, 0.5) is 0 Å². The first-order valence-electron chi connectivity index (χ1n) is 7.78. The summed E-state index contributed by atoms with van der Waals surface area (Å²) in [5.41, 5.74) is 1.71. The largest absolute Gasteiger partial charge is 0.492 e. The molecular formula is C17H20O6. The van der Waals surface area contributed by atoms with Crippen LogP contribution in [-0.4, -0.2) is 37.7 Å². The molecule has 0 bridgehead atoms. The van der Waals surface area contributed by atoms with Crippen molar-refractivity contribution in [3.8, 4) is 17.2 Å². The van der Waals surface area contributed by atoms with Crippen LogP contribution in [0.1, 0.15) is 42.3 Å². The van der Waals surface area contributed by atoms with Gasteiger partial charge in [0, 0.05) is 24.0 Å². The van der Waals surface area contributed by atoms with Gasteiger partial charge in [0.15, 0.2) is 11.5 Å². The molecule has 0 saturated heterocycles. The molecule has 0 aromatic heterocycles. The molecule has 0 amide bonds. The SMILES string of the molecule is CCOC(=O)C(=O)c1c2c(c(OC)c3c1OC(C)C3)OC(C)C2. The Balaban J connectivity index is 2.20. The molecule has 6 heteroatoms. The van der Waals surface area contributed by atoms with E-state index in [1.54, 1.807) is 14.0 Å². The molecule has 2 heterocycles. The smallest absolute Gasteiger partial charge is 0.379 e. The Labute approximate surface area is 134 Å². The van der Waals surface area contributed by atoms with E-state index in [0.717, 1.165) is 5.56 Å². The van der Waals surface area contributed by atoms with E-state index in [-0.39, 0.29) is 24.4 Å². The van der Waals surface area contributed by atoms with Gasteiger partial charge in [-0.2, -0.15) is 0 Å². The fourth-order valence-electron chi connectivity index (χ4n) is 3.23. The van der Waals surface area contributed by atoms with Crippen LogP contribution in [0.15, 0.2) is 0 Å². The Kier molecular flexibility index (Phi) is 3.92. The molecule has 0 saturated carbocycles. The normalized spacial score (nSPS) is 21.0. The lowest BCUT2D eigenvalue weighted by Gasteiger charge is -2.15. The van der Waals surface area contributed by atoms with Gasteiger partial charge < -0.3 is 18.9 Å². The van der Waals surface area contributed by atoms with Crippen molar-refractivity contribution in [1.29, 1.82) is 0 Å². The molecule has 0 radical (unpaired) electrons. The summed E-state index contributed by atoms with van der Waals surface area (Å²) >= 11 is 0. The van der Waals surface area contributed by atoms with Crippen molar-refractivity contribution in [1.82, 2.24) is 0 Å². The Morgan fingerprint density at radius 3 is 2.30 bits per heavy atom. The molecule has 6 nitrogen and oxygen atoms in total. The van der Waals surface area contributed by atoms with Gasteiger partial charge in [-0.3, -0.25) is 4.79 Å². The average molecular weight is 320 g/mol. The van der Waals surface area contributed by atoms with E-state index >= 15 is 0 Å². The van der Waals surface area contributed by atoms with Crippen LogP contribution in [0, 0.1) is 0 Å². The van der Waals surface area contributed by atoms with E-state index in [0.29, 0.717) is 35.7 Å². The summed E-state index contributed by atoms with van der Waals surface area (Å²) in [4.78, 5) is 24.6. The molecule has 23 heavy (non-hydrogen) atoms. The second-order valence-electron chi connectivity index (χ2n) is 5.84. The molecule has 2 atom stereocenters. The first-order valence-corrected chi connectivity index (χ1v) is 7.78. The zero-order valence-corrected chi connectivity index (χ0v) is 13.7. The number of benzene rings is 1. The van der Waals surface area contributed by atoms with Gasteiger partial charge in [-0.25, -0.2) is 4.79 Å². The number of ketones is 1. The van der Waals surface area contributed by atoms with Gasteiger partial charge in [-0.15, -0.1) is 0 Å². The Bertz CT molecular complexity index is 639. The Hall–Kier alpha value is -2.24. The Morgan fingerprint density at radius 2 is 1.70 bits per heavy atom. The highest BCUT2D eigenvalue weighted by Crippen LogP contribution is 2.51. The molecule has 3 rings (SSSR count). The van der Waals surface area contributed by atoms with Crippen molar-refractivity contribution in [3.05, 3.63) is 16.7 Å². The molecule has 0 N–H and O–H groups in total. The van der Waals surface area contributed by atoms with Gasteiger partial charge >= 0.3 is 5.97 Å². The second kappa shape index (κ2) is 5.76. The number of Topliss-reactive ketones (excluding diaryl/α,β-unsaturated/α-hetero) is 1. The summed E-state index contributed by atoms with van der Waals surface area (Å²) in [5, 5.41) is 0. The van der Waals surface area contributed by atoms with Crippen molar-refractivity contribution < 1.29 is 28.5 Å². The van der Waals surface area contributed by atoms with Gasteiger partial charge in [0.05, 0.1) is 19.3 Å². The van der Waals surface area contributed by atoms with Crippen LogP contribution in [0.5, 0.6) is 17.2 Å². The average Bonchev–Trinajstić information content (AvgIpc) is 3.05. The highest BCUT2D eigenvalue weighted by Gasteiger charge is 2.40. The molecular weight excluding hydrogens is 300 g/mol. The van der Waals surface area contributed by atoms with E-state index in [9.17, 15) is 9.59 Å². The van der Waals surface area contributed by atoms with E-state index in [1.165, 1.54) is 0 Å². The van der Waals surface area contributed by atoms with Crippen molar-refractivity contribution in [2.24, 2.45) is 0 Å². The maximum atomic E-state index is 12.6. The van der Waals surface area contributed by atoms with Crippen molar-refractivity contribution >= 4 is 11.8 Å². The van der Waals surface area contributed by atoms with Crippen molar-refractivity contribution in [2.75, 3.05) is 13.7 Å². The number of hydrogen-bond donors (Lipinski definition) is 0. The number of fused-ring (bicyclic) bond motifs is 2. The standard InChI is InChI=1S/C17H20O6/c1-5-21-17(19)13(18)12-10-6-8(2)23-16(10)15(20-4)11-7-9(3)22-14(11)12/h8-9H,5-7H2,1-4H3. The predicted molar refractivity (Wildman–Crippen MR) is 81.5 cm³/mol. The molecule has 0 aliphatic carbocycles. The summed E-state index contributed by atoms with van der Waals surface area (Å²) in [5.74, 6) is 0.0237. The topological polar surface area (TPSA) is 71.1 Å². The van der Waals surface area contributed by atoms with Gasteiger partial charge in [0.1, 0.15) is 18.0 Å². The van der Waals surface area contributed by atoms with Crippen LogP contribution >= 0.6 is 0 Å². The van der Waals surface area contributed by atoms with Crippen LogP contribution in [0.25, 0.3) is 0 Å². The van der Waals surface area contributed by atoms with Gasteiger partial charge in [-0.05, 0) is 20.8 Å². The number of methoxy groups -OCH3 is 1. The molecule has 0 spiro atoms. The van der Waals surface area contributed by atoms with Gasteiger partial charge in [0.2, 0.25) is 0 Å². The zero-order valence-electron chi connectivity index (χ0n) is 13.7. The highest BCUT2D eigenvalue weighted by atomic mass is 16.5. The summed E-state index contributed by atoms with van der Waals surface area (Å²) in [6, 6.07) is 0. The minimum absolute atomic E-state index is 0.0902. The summed E-state index contributed by atoms with van der Waals surface area (Å²) < 4.78 is 22.0. The fourth-order valence-corrected chi connectivity index (χ4v) is 3.23. The first kappa shape index (κ1) is 15.6. The van der Waals surface area contributed by atoms with Crippen molar-refractivity contribution in [3.63, 3.8) is 0 Å². The predicted octanol–water partition coefficient (Wildman–Crippen LogP) is 2.09. The Morgan fingerprint density at radius 1 is 1.09 bits per heavy atom. The molecule has 2 aliphatic rings. The minimum Gasteiger partial charge on any atom is -0.492 e. The maximum Gasteiger partial charge on any atom is 0.379 e. The maximum absolute atomic E-state index is 12.6. The summed E-state index contributed by atoms with van der Waals surface area (Å²) in [6.07, 6.45) is 0.948. The van der Waals surface area contributed by atoms with E-state index in [2.05, 4.69) is 0 Å². The lowest BCUT2D eigenvalue weighted by molar-refractivity contribution is -0.137. The van der Waals surface area contributed by atoms with Crippen LogP contribution in [-0.2, 0) is 22.4 Å². The lowest BCUT2D eigenvalue weighted by Crippen LogP contribution is -2.20. The molecule has 2 aliphatic heterocycles. The van der Waals surface area contributed by atoms with Crippen LogP contribution < -0.4 is 14.2 Å². The number of esters is 1. The third kappa shape index (κ3) is 2.42. The molecule has 1 aromatic carbocycles. The molecule has 1 aromatic rings. The second-order valence-corrected chi connectivity index (χ2v) is 5.84. The summed E-state index contributed by atoms with van der Waals surface area (Å²) in [6.45, 7) is 5.63. The third-order valence-corrected chi connectivity index (χ3v) is 4.07. The summed E-state index contributed by atoms with van der Waals surface area (Å²) in [7, 11) is 1.57. The van der Waals surface area contributed by atoms with E-state index in [1.807, 2.05) is 13.8 Å². The zero-order chi connectivity index (χ0) is 16.7. The monoisotopic (exact) mass is 320 g/mol. The lowest BCUT2D eigenvalue weighted by atomic mass is 9.94. The minimum atomic E-state index is -0.871. The molecule has 2 unspecified atom stereocenters. The van der Waals surface area contributed by atoms with Crippen LogP contribution in [0.2, 0.25) is 0 Å². The molecule has 0 fully saturated rings. The van der Waals surface area contributed by atoms with E-state index < -0.39 is 11.8 Å². The number of ether oxygens (including phenoxy) is 4. The highest BCUT2D eigenvalue weighted by molar-refractivity contribution is 6.42. The first-order chi connectivity index (χ1) is 11.0. The van der Waals surface area contributed by atoms with Crippen LogP contribution in [0.3, 0.4) is 0 Å². The van der Waals surface area contributed by atoms with Gasteiger partial charge in [0.25, 0.3) is 5.78 Å². The van der Waals surface area contributed by atoms with Gasteiger partial charge in [-0.1, -0.05) is 0 Å². The fraction of sp³-hybridized carbons (Fsp3) is 0.529.